The molecule has 0 aromatic heterocycles. The largest absolute Gasteiger partial charge is 0.484 e. The van der Waals surface area contributed by atoms with Crippen molar-refractivity contribution in [2.75, 3.05) is 19.7 Å². The minimum atomic E-state index is -0.106. The zero-order valence-electron chi connectivity index (χ0n) is 14.9. The van der Waals surface area contributed by atoms with E-state index in [4.69, 9.17) is 10.5 Å². The van der Waals surface area contributed by atoms with Gasteiger partial charge in [-0.25, -0.2) is 0 Å². The smallest absolute Gasteiger partial charge is 0.260 e. The summed E-state index contributed by atoms with van der Waals surface area (Å²) in [7, 11) is 0. The average Bonchev–Trinajstić information content (AvgIpc) is 2.64. The summed E-state index contributed by atoms with van der Waals surface area (Å²) < 4.78 is 5.58. The minimum absolute atomic E-state index is 0. The van der Waals surface area contributed by atoms with Crippen LogP contribution in [0.25, 0.3) is 0 Å². The Bertz CT molecular complexity index is 707. The lowest BCUT2D eigenvalue weighted by Crippen LogP contribution is -2.36. The van der Waals surface area contributed by atoms with Crippen LogP contribution in [0.3, 0.4) is 0 Å². The molecule has 0 radical (unpaired) electrons. The number of benzene rings is 2. The van der Waals surface area contributed by atoms with Crippen LogP contribution in [0.2, 0.25) is 0 Å². The van der Waals surface area contributed by atoms with Crippen molar-refractivity contribution in [2.45, 2.75) is 19.9 Å². The van der Waals surface area contributed by atoms with Crippen LogP contribution in [0.15, 0.2) is 54.6 Å². The normalized spacial score (nSPS) is 9.92. The van der Waals surface area contributed by atoms with Crippen molar-refractivity contribution in [3.63, 3.8) is 0 Å². The molecule has 6 heteroatoms. The fourth-order valence-corrected chi connectivity index (χ4v) is 2.42. The molecule has 0 atom stereocenters. The van der Waals surface area contributed by atoms with Crippen molar-refractivity contribution in [1.29, 1.82) is 0 Å². The molecular formula is C20H25ClN2O3. The molecule has 2 rings (SSSR count). The molecule has 0 spiro atoms. The minimum Gasteiger partial charge on any atom is -0.484 e. The fourth-order valence-electron chi connectivity index (χ4n) is 2.42. The number of halogens is 1. The van der Waals surface area contributed by atoms with Gasteiger partial charge in [0.15, 0.2) is 12.4 Å². The van der Waals surface area contributed by atoms with E-state index in [9.17, 15) is 9.59 Å². The number of hydrogen-bond donors (Lipinski definition) is 1. The van der Waals surface area contributed by atoms with Gasteiger partial charge >= 0.3 is 0 Å². The van der Waals surface area contributed by atoms with Gasteiger partial charge in [-0.3, -0.25) is 9.59 Å². The lowest BCUT2D eigenvalue weighted by Gasteiger charge is -2.23. The van der Waals surface area contributed by atoms with Crippen LogP contribution >= 0.6 is 12.4 Å². The number of nitrogens with zero attached hydrogens (tertiary/aromatic N) is 1. The summed E-state index contributed by atoms with van der Waals surface area (Å²) in [6.45, 7) is 3.06. The lowest BCUT2D eigenvalue weighted by molar-refractivity contribution is -0.134. The molecule has 0 bridgehead atoms. The Labute approximate surface area is 160 Å². The van der Waals surface area contributed by atoms with Gasteiger partial charge in [-0.15, -0.1) is 12.4 Å². The number of amides is 1. The average molecular weight is 377 g/mol. The molecule has 0 aliphatic carbocycles. The summed E-state index contributed by atoms with van der Waals surface area (Å²) in [4.78, 5) is 25.7. The molecule has 1 amide bonds. The highest BCUT2D eigenvalue weighted by atomic mass is 35.5. The Balaban J connectivity index is 0.00000338. The molecule has 2 aromatic carbocycles. The fraction of sp³-hybridized carbons (Fsp3) is 0.300. The number of nitrogens with two attached hydrogens (primary N) is 1. The van der Waals surface area contributed by atoms with E-state index in [0.29, 0.717) is 30.9 Å². The monoisotopic (exact) mass is 376 g/mol. The van der Waals surface area contributed by atoms with Crippen LogP contribution in [0.5, 0.6) is 5.75 Å². The summed E-state index contributed by atoms with van der Waals surface area (Å²) in [5, 5.41) is 0. The van der Waals surface area contributed by atoms with Crippen LogP contribution in [0.1, 0.15) is 29.3 Å². The van der Waals surface area contributed by atoms with E-state index in [2.05, 4.69) is 0 Å². The Kier molecular flexibility index (Phi) is 9.41. The molecular weight excluding hydrogens is 352 g/mol. The third kappa shape index (κ3) is 6.86. The number of Topliss-reactive ketones (excluding diaryl/α,β-unsaturated/α-hetero) is 1. The van der Waals surface area contributed by atoms with Crippen molar-refractivity contribution in [2.24, 2.45) is 5.73 Å². The second-order valence-corrected chi connectivity index (χ2v) is 5.82. The van der Waals surface area contributed by atoms with E-state index in [1.54, 1.807) is 29.2 Å². The van der Waals surface area contributed by atoms with Gasteiger partial charge < -0.3 is 15.4 Å². The number of hydrogen-bond acceptors (Lipinski definition) is 4. The second-order valence-electron chi connectivity index (χ2n) is 5.82. The predicted octanol–water partition coefficient (Wildman–Crippen LogP) is 3.07. The van der Waals surface area contributed by atoms with E-state index >= 15 is 0 Å². The lowest BCUT2D eigenvalue weighted by atomic mass is 10.1. The Morgan fingerprint density at radius 2 is 1.81 bits per heavy atom. The summed E-state index contributed by atoms with van der Waals surface area (Å²) in [6, 6.07) is 16.7. The van der Waals surface area contributed by atoms with Gasteiger partial charge in [0.2, 0.25) is 0 Å². The van der Waals surface area contributed by atoms with Crippen molar-refractivity contribution >= 4 is 24.1 Å². The van der Waals surface area contributed by atoms with Crippen molar-refractivity contribution in [3.8, 4) is 5.75 Å². The molecule has 5 nitrogen and oxygen atoms in total. The third-order valence-corrected chi connectivity index (χ3v) is 3.80. The molecule has 26 heavy (non-hydrogen) atoms. The summed E-state index contributed by atoms with van der Waals surface area (Å²) in [5.41, 5.74) is 7.20. The first-order valence-corrected chi connectivity index (χ1v) is 8.35. The molecule has 140 valence electrons. The van der Waals surface area contributed by atoms with Gasteiger partial charge in [-0.1, -0.05) is 42.5 Å². The van der Waals surface area contributed by atoms with Gasteiger partial charge in [0.25, 0.3) is 5.91 Å². The molecule has 0 saturated heterocycles. The van der Waals surface area contributed by atoms with Crippen molar-refractivity contribution in [3.05, 3.63) is 65.7 Å². The maximum atomic E-state index is 12.5. The molecule has 0 heterocycles. The molecule has 0 aliphatic heterocycles. The van der Waals surface area contributed by atoms with E-state index in [0.717, 1.165) is 12.0 Å². The van der Waals surface area contributed by atoms with Gasteiger partial charge in [-0.2, -0.15) is 0 Å². The van der Waals surface area contributed by atoms with E-state index in [1.807, 2.05) is 30.3 Å². The number of carbonyl (C=O) groups is 2. The van der Waals surface area contributed by atoms with E-state index < -0.39 is 0 Å². The predicted molar refractivity (Wildman–Crippen MR) is 105 cm³/mol. The molecule has 0 aliphatic rings. The summed E-state index contributed by atoms with van der Waals surface area (Å²) in [6.07, 6.45) is 0.735. The van der Waals surface area contributed by atoms with Gasteiger partial charge in [-0.05, 0) is 37.6 Å². The second kappa shape index (κ2) is 11.3. The van der Waals surface area contributed by atoms with E-state index in [1.165, 1.54) is 6.92 Å². The molecule has 0 fully saturated rings. The SMILES string of the molecule is CC(=O)c1cccc(OCC(=O)N(CCCN)Cc2ccccc2)c1.Cl. The van der Waals surface area contributed by atoms with E-state index in [-0.39, 0.29) is 30.7 Å². The maximum Gasteiger partial charge on any atom is 0.260 e. The molecule has 2 aromatic rings. The van der Waals surface area contributed by atoms with Crippen molar-refractivity contribution in [1.82, 2.24) is 4.90 Å². The first-order valence-electron chi connectivity index (χ1n) is 8.35. The van der Waals surface area contributed by atoms with Crippen molar-refractivity contribution < 1.29 is 14.3 Å². The standard InChI is InChI=1S/C20H24N2O3.ClH/c1-16(23)18-9-5-10-19(13-18)25-15-20(24)22(12-6-11-21)14-17-7-3-2-4-8-17;/h2-5,7-10,13H,6,11-12,14-15,21H2,1H3;1H. The van der Waals surface area contributed by atoms with Crippen LogP contribution in [-0.4, -0.2) is 36.3 Å². The van der Waals surface area contributed by atoms with Crippen LogP contribution < -0.4 is 10.5 Å². The Hall–Kier alpha value is -2.37. The topological polar surface area (TPSA) is 72.6 Å². The number of carbonyl (C=O) groups excluding carboxylic acids is 2. The van der Waals surface area contributed by atoms with Crippen LogP contribution in [-0.2, 0) is 11.3 Å². The Morgan fingerprint density at radius 3 is 2.46 bits per heavy atom. The quantitative estimate of drug-likeness (QED) is 0.682. The Morgan fingerprint density at radius 1 is 1.08 bits per heavy atom. The molecule has 0 unspecified atom stereocenters. The van der Waals surface area contributed by atoms with Gasteiger partial charge in [0, 0.05) is 18.7 Å². The highest BCUT2D eigenvalue weighted by molar-refractivity contribution is 5.94. The first kappa shape index (κ1) is 21.7. The highest BCUT2D eigenvalue weighted by Crippen LogP contribution is 2.14. The first-order chi connectivity index (χ1) is 12.1. The summed E-state index contributed by atoms with van der Waals surface area (Å²) >= 11 is 0. The zero-order valence-corrected chi connectivity index (χ0v) is 15.7. The molecule has 2 N–H and O–H groups in total. The number of ether oxygens (including phenoxy) is 1. The summed E-state index contributed by atoms with van der Waals surface area (Å²) in [5.74, 6) is 0.371. The highest BCUT2D eigenvalue weighted by Gasteiger charge is 2.14. The number of rotatable bonds is 9. The van der Waals surface area contributed by atoms with Crippen LogP contribution in [0, 0.1) is 0 Å². The third-order valence-electron chi connectivity index (χ3n) is 3.80. The van der Waals surface area contributed by atoms with Gasteiger partial charge in [0.1, 0.15) is 5.75 Å². The zero-order chi connectivity index (χ0) is 18.1. The van der Waals surface area contributed by atoms with Gasteiger partial charge in [0.05, 0.1) is 0 Å². The number of ketones is 1. The molecule has 0 saturated carbocycles. The maximum absolute atomic E-state index is 12.5. The van der Waals surface area contributed by atoms with Crippen LogP contribution in [0.4, 0.5) is 0 Å².